The Kier molecular flexibility index (Phi) is 9.31. The van der Waals surface area contributed by atoms with E-state index < -0.39 is 14.1 Å². The third-order valence-electron chi connectivity index (χ3n) is 4.91. The lowest BCUT2D eigenvalue weighted by atomic mass is 10.0. The van der Waals surface area contributed by atoms with Crippen LogP contribution in [0.4, 0.5) is 5.82 Å². The van der Waals surface area contributed by atoms with Crippen LogP contribution in [0.25, 0.3) is 22.5 Å². The fraction of sp³-hybridized carbons (Fsp3) is 0.320. The first-order valence-electron chi connectivity index (χ1n) is 10.8. The van der Waals surface area contributed by atoms with E-state index in [4.69, 9.17) is 24.3 Å². The van der Waals surface area contributed by atoms with Crippen molar-refractivity contribution in [3.05, 3.63) is 66.9 Å². The maximum absolute atomic E-state index is 10.6. The lowest BCUT2D eigenvalue weighted by Crippen LogP contribution is -2.34. The summed E-state index contributed by atoms with van der Waals surface area (Å²) in [6, 6.07) is 20.4. The number of aromatic nitrogens is 2. The molecule has 0 amide bonds. The molecule has 0 saturated heterocycles. The van der Waals surface area contributed by atoms with Gasteiger partial charge in [0.15, 0.2) is 0 Å². The zero-order chi connectivity index (χ0) is 23.6. The minimum absolute atomic E-state index is 0.195. The number of aliphatic carboxylic acids is 1. The molecule has 0 spiro atoms. The zero-order valence-corrected chi connectivity index (χ0v) is 20.1. The van der Waals surface area contributed by atoms with Crippen LogP contribution >= 0.6 is 8.15 Å². The number of nitrogens with zero attached hydrogens (tertiary/aromatic N) is 3. The highest BCUT2D eigenvalue weighted by molar-refractivity contribution is 7.51. The average molecular weight is 468 g/mol. The lowest BCUT2D eigenvalue weighted by molar-refractivity contribution is -0.141. The summed E-state index contributed by atoms with van der Waals surface area (Å²) in [6.45, 7) is 6.97. The second-order valence-electron chi connectivity index (χ2n) is 7.78. The number of ether oxygens (including phenoxy) is 1. The number of carbonyl (C=O) groups is 1. The van der Waals surface area contributed by atoms with Crippen molar-refractivity contribution >= 4 is 19.9 Å². The number of hydrogen-bond donors (Lipinski definition) is 1. The van der Waals surface area contributed by atoms with Crippen molar-refractivity contribution in [2.45, 2.75) is 19.9 Å². The van der Waals surface area contributed by atoms with E-state index in [2.05, 4.69) is 18.7 Å². The molecule has 0 aliphatic rings. The summed E-state index contributed by atoms with van der Waals surface area (Å²) in [6.07, 6.45) is 2.12. The van der Waals surface area contributed by atoms with Gasteiger partial charge in [-0.2, -0.15) is 0 Å². The van der Waals surface area contributed by atoms with E-state index in [1.165, 1.54) is 0 Å². The van der Waals surface area contributed by atoms with Crippen molar-refractivity contribution in [2.24, 2.45) is 0 Å². The smallest absolute Gasteiger partial charge is 0.329 e. The largest absolute Gasteiger partial charge is 0.480 e. The maximum atomic E-state index is 10.6. The van der Waals surface area contributed by atoms with Crippen LogP contribution in [0.5, 0.6) is 0 Å². The van der Waals surface area contributed by atoms with Crippen LogP contribution in [0.3, 0.4) is 0 Å². The van der Waals surface area contributed by atoms with Crippen molar-refractivity contribution in [1.29, 1.82) is 0 Å². The van der Waals surface area contributed by atoms with Gasteiger partial charge in [-0.15, -0.1) is 0 Å². The van der Waals surface area contributed by atoms with E-state index in [1.54, 1.807) is 0 Å². The van der Waals surface area contributed by atoms with Gasteiger partial charge >= 0.3 is 5.97 Å². The molecule has 0 saturated carbocycles. The predicted molar refractivity (Wildman–Crippen MR) is 133 cm³/mol. The molecule has 0 aliphatic heterocycles. The molecule has 3 rings (SSSR count). The molecule has 33 heavy (non-hydrogen) atoms. The first kappa shape index (κ1) is 24.8. The van der Waals surface area contributed by atoms with Crippen LogP contribution in [0.1, 0.15) is 13.8 Å². The number of anilines is 1. The third-order valence-corrected chi connectivity index (χ3v) is 6.08. The van der Waals surface area contributed by atoms with Crippen LogP contribution < -0.4 is 4.90 Å². The number of rotatable bonds is 12. The van der Waals surface area contributed by atoms with Gasteiger partial charge in [0.2, 0.25) is 0 Å². The highest BCUT2D eigenvalue weighted by Crippen LogP contribution is 2.33. The summed E-state index contributed by atoms with van der Waals surface area (Å²) >= 11 is 0. The van der Waals surface area contributed by atoms with E-state index in [0.717, 1.165) is 28.3 Å². The summed E-state index contributed by atoms with van der Waals surface area (Å²) < 4.78 is 11.0. The van der Waals surface area contributed by atoms with Crippen LogP contribution in [-0.2, 0) is 14.1 Å². The van der Waals surface area contributed by atoms with Crippen LogP contribution in [0.2, 0.25) is 0 Å². The Hall–Kier alpha value is -2.86. The van der Waals surface area contributed by atoms with Gasteiger partial charge in [0.1, 0.15) is 12.4 Å². The van der Waals surface area contributed by atoms with Crippen LogP contribution in [-0.4, -0.2) is 59.9 Å². The molecule has 0 aliphatic carbocycles. The summed E-state index contributed by atoms with van der Waals surface area (Å²) in [4.78, 5) is 22.6. The van der Waals surface area contributed by atoms with E-state index in [0.29, 0.717) is 19.5 Å². The monoisotopic (exact) mass is 467 g/mol. The molecule has 1 atom stereocenters. The molecule has 3 aromatic rings. The molecule has 2 aromatic carbocycles. The Bertz CT molecular complexity index is 1020. The fourth-order valence-corrected chi connectivity index (χ4v) is 4.17. The summed E-state index contributed by atoms with van der Waals surface area (Å²) in [5.74, 6) is -0.189. The van der Waals surface area contributed by atoms with Crippen molar-refractivity contribution in [2.75, 3.05) is 37.7 Å². The maximum Gasteiger partial charge on any atom is 0.329 e. The van der Waals surface area contributed by atoms with Crippen molar-refractivity contribution < 1.29 is 19.2 Å². The zero-order valence-electron chi connectivity index (χ0n) is 19.2. The Morgan fingerprint density at radius 3 is 2.21 bits per heavy atom. The van der Waals surface area contributed by atoms with E-state index in [9.17, 15) is 4.79 Å². The van der Waals surface area contributed by atoms with E-state index >= 15 is 0 Å². The van der Waals surface area contributed by atoms with Gasteiger partial charge < -0.3 is 19.3 Å². The predicted octanol–water partition coefficient (Wildman–Crippen LogP) is 5.13. The average Bonchev–Trinajstić information content (AvgIpc) is 2.82. The molecule has 1 aromatic heterocycles. The molecule has 1 N–H and O–H groups in total. The Balaban J connectivity index is 1.79. The number of carboxylic acids is 1. The molecular formula is C25H30N3O4P. The molecule has 0 fully saturated rings. The molecule has 7 nitrogen and oxygen atoms in total. The van der Waals surface area contributed by atoms with Gasteiger partial charge in [-0.05, 0) is 20.5 Å². The fourth-order valence-electron chi connectivity index (χ4n) is 3.35. The normalized spacial score (nSPS) is 12.0. The molecule has 1 heterocycles. The molecule has 174 valence electrons. The van der Waals surface area contributed by atoms with Gasteiger partial charge in [-0.1, -0.05) is 60.7 Å². The number of hydrogen-bond acceptors (Lipinski definition) is 6. The Morgan fingerprint density at radius 2 is 1.64 bits per heavy atom. The molecule has 8 heteroatoms. The van der Waals surface area contributed by atoms with Gasteiger partial charge in [0.05, 0.1) is 38.7 Å². The highest BCUT2D eigenvalue weighted by atomic mass is 31.1. The quantitative estimate of drug-likeness (QED) is 0.370. The topological polar surface area (TPSA) is 84.8 Å². The van der Waals surface area contributed by atoms with Gasteiger partial charge in [-0.3, -0.25) is 4.98 Å². The van der Waals surface area contributed by atoms with E-state index in [1.807, 2.05) is 73.5 Å². The third kappa shape index (κ3) is 7.32. The first-order valence-corrected chi connectivity index (χ1v) is 12.7. The Morgan fingerprint density at radius 1 is 1.03 bits per heavy atom. The second kappa shape index (κ2) is 12.4. The number of benzene rings is 2. The molecule has 0 radical (unpaired) electrons. The molecule has 0 bridgehead atoms. The van der Waals surface area contributed by atoms with Gasteiger partial charge in [0.25, 0.3) is 0 Å². The SMILES string of the molecule is CC(C)N(CCOP(C)COCC(=O)O)c1cnc(-c2ccccc2)c(-c2ccccc2)n1. The standard InChI is InChI=1S/C25H30N3O4P/c1-19(2)28(14-15-32-33(3)18-31-17-23(29)30)22-16-26-24(20-10-6-4-7-11-20)25(27-22)21-12-8-5-9-13-21/h4-13,16,19H,14-15,17-18H2,1-3H3,(H,29,30). The van der Waals surface area contributed by atoms with Crippen molar-refractivity contribution in [3.8, 4) is 22.5 Å². The lowest BCUT2D eigenvalue weighted by Gasteiger charge is -2.28. The summed E-state index contributed by atoms with van der Waals surface area (Å²) in [7, 11) is -0.856. The minimum Gasteiger partial charge on any atom is -0.480 e. The molecular weight excluding hydrogens is 437 g/mol. The van der Waals surface area contributed by atoms with E-state index in [-0.39, 0.29) is 12.6 Å². The van der Waals surface area contributed by atoms with Gasteiger partial charge in [-0.25, -0.2) is 9.78 Å². The van der Waals surface area contributed by atoms with Crippen LogP contribution in [0.15, 0.2) is 66.9 Å². The first-order chi connectivity index (χ1) is 16.0. The summed E-state index contributed by atoms with van der Waals surface area (Å²) in [5.41, 5.74) is 3.72. The second-order valence-corrected chi connectivity index (χ2v) is 9.55. The Labute approximate surface area is 196 Å². The summed E-state index contributed by atoms with van der Waals surface area (Å²) in [5, 5.41) is 8.68. The van der Waals surface area contributed by atoms with Crippen LogP contribution in [0, 0.1) is 0 Å². The van der Waals surface area contributed by atoms with Crippen molar-refractivity contribution in [3.63, 3.8) is 0 Å². The van der Waals surface area contributed by atoms with Crippen molar-refractivity contribution in [1.82, 2.24) is 9.97 Å². The number of carboxylic acid groups (broad SMARTS) is 1. The molecule has 1 unspecified atom stereocenters. The van der Waals surface area contributed by atoms with Gasteiger partial charge in [0, 0.05) is 23.7 Å². The highest BCUT2D eigenvalue weighted by Gasteiger charge is 2.18. The minimum atomic E-state index is -0.976.